The molecule has 4 rings (SSSR count). The van der Waals surface area contributed by atoms with E-state index in [0.717, 1.165) is 19.8 Å². The van der Waals surface area contributed by atoms with Crippen LogP contribution < -0.4 is 25.7 Å². The highest BCUT2D eigenvalue weighted by atomic mass is 32.2. The summed E-state index contributed by atoms with van der Waals surface area (Å²) in [5.41, 5.74) is -1.58. The molecule has 0 aliphatic rings. The molecule has 0 aliphatic heterocycles. The summed E-state index contributed by atoms with van der Waals surface area (Å²) >= 11 is -0.554. The van der Waals surface area contributed by atoms with Gasteiger partial charge in [0, 0.05) is 13.1 Å². The molecule has 2 heterocycles. The molecule has 2 aromatic carbocycles. The van der Waals surface area contributed by atoms with E-state index in [1.165, 1.54) is 26.3 Å². The third kappa shape index (κ3) is 3.98. The predicted molar refractivity (Wildman–Crippen MR) is 125 cm³/mol. The fourth-order valence-corrected chi connectivity index (χ4v) is 3.92. The van der Waals surface area contributed by atoms with Gasteiger partial charge in [-0.2, -0.15) is 0 Å². The van der Waals surface area contributed by atoms with Crippen LogP contribution in [0.25, 0.3) is 16.7 Å². The van der Waals surface area contributed by atoms with Crippen molar-refractivity contribution in [1.82, 2.24) is 13.7 Å². The number of aromatic nitrogens is 3. The minimum absolute atomic E-state index is 0.171. The second-order valence-electron chi connectivity index (χ2n) is 7.56. The van der Waals surface area contributed by atoms with E-state index >= 15 is 4.39 Å². The molecule has 0 fully saturated rings. The van der Waals surface area contributed by atoms with E-state index in [4.69, 9.17) is 8.92 Å². The first kappa shape index (κ1) is 23.3. The third-order valence-corrected chi connectivity index (χ3v) is 5.67. The molecule has 0 bridgehead atoms. The van der Waals surface area contributed by atoms with Crippen molar-refractivity contribution in [1.29, 1.82) is 0 Å². The molecular formula is C23H19F2N3O5S. The Kier molecular flexibility index (Phi) is 6.29. The predicted octanol–water partition coefficient (Wildman–Crippen LogP) is 3.27. The largest absolute Gasteiger partial charge is 0.497 e. The van der Waals surface area contributed by atoms with Gasteiger partial charge >= 0.3 is 5.69 Å². The lowest BCUT2D eigenvalue weighted by molar-refractivity contribution is 0.414. The summed E-state index contributed by atoms with van der Waals surface area (Å²) in [4.78, 5) is 39.6. The van der Waals surface area contributed by atoms with Crippen molar-refractivity contribution >= 4 is 23.5 Å². The number of hydrogen-bond donors (Lipinski definition) is 0. The molecule has 0 N–H and O–H groups in total. The van der Waals surface area contributed by atoms with Gasteiger partial charge in [-0.15, -0.1) is 3.89 Å². The van der Waals surface area contributed by atoms with Crippen molar-refractivity contribution in [2.75, 3.05) is 7.11 Å². The monoisotopic (exact) mass is 487 g/mol. The third-order valence-electron chi connectivity index (χ3n) is 5.43. The number of methoxy groups -OCH3 is 1. The van der Waals surface area contributed by atoms with Crippen LogP contribution in [0.2, 0.25) is 0 Å². The Labute approximate surface area is 196 Å². The van der Waals surface area contributed by atoms with E-state index in [1.807, 2.05) is 0 Å². The van der Waals surface area contributed by atoms with Crippen LogP contribution in [0.4, 0.5) is 8.28 Å². The van der Waals surface area contributed by atoms with Gasteiger partial charge in [0.1, 0.15) is 22.6 Å². The standard InChI is InChI=1S/C23H19F2N3O5S/c1-13-4-9-17(16(24)10-13)28-21-20(18(33-34-25)11-19(29)26(21)2)22(30)27(23(28)31)12-14-5-7-15(32-3)8-6-14/h4-11H,12H2,1-3H3. The summed E-state index contributed by atoms with van der Waals surface area (Å²) in [5, 5.41) is -0.250. The Morgan fingerprint density at radius 3 is 2.35 bits per heavy atom. The molecule has 0 saturated heterocycles. The molecule has 2 aromatic heterocycles. The second kappa shape index (κ2) is 9.18. The van der Waals surface area contributed by atoms with Crippen LogP contribution in [0.15, 0.2) is 62.9 Å². The van der Waals surface area contributed by atoms with Crippen molar-refractivity contribution in [2.24, 2.45) is 7.05 Å². The number of pyridine rings is 1. The van der Waals surface area contributed by atoms with Crippen molar-refractivity contribution in [3.8, 4) is 17.2 Å². The van der Waals surface area contributed by atoms with E-state index in [-0.39, 0.29) is 29.0 Å². The highest BCUT2D eigenvalue weighted by Crippen LogP contribution is 2.26. The Balaban J connectivity index is 2.14. The highest BCUT2D eigenvalue weighted by molar-refractivity contribution is 7.89. The van der Waals surface area contributed by atoms with Gasteiger partial charge in [-0.1, -0.05) is 18.2 Å². The van der Waals surface area contributed by atoms with Crippen LogP contribution in [0.3, 0.4) is 0 Å². The van der Waals surface area contributed by atoms with Gasteiger partial charge in [0.25, 0.3) is 23.5 Å². The molecule has 11 heteroatoms. The molecule has 176 valence electrons. The fourth-order valence-electron chi connectivity index (χ4n) is 3.72. The zero-order valence-corrected chi connectivity index (χ0v) is 19.2. The van der Waals surface area contributed by atoms with E-state index in [1.54, 1.807) is 37.3 Å². The first-order chi connectivity index (χ1) is 16.3. The van der Waals surface area contributed by atoms with Crippen LogP contribution in [0.5, 0.6) is 11.5 Å². The zero-order valence-electron chi connectivity index (χ0n) is 18.4. The minimum atomic E-state index is -0.879. The van der Waals surface area contributed by atoms with Gasteiger partial charge in [-0.25, -0.2) is 13.8 Å². The van der Waals surface area contributed by atoms with Gasteiger partial charge in [0.05, 0.1) is 19.3 Å². The molecule has 0 saturated carbocycles. The number of ether oxygens (including phenoxy) is 1. The van der Waals surface area contributed by atoms with Crippen molar-refractivity contribution in [3.63, 3.8) is 0 Å². The zero-order chi connectivity index (χ0) is 24.6. The summed E-state index contributed by atoms with van der Waals surface area (Å²) in [6.07, 6.45) is 0. The Hall–Kier alpha value is -3.86. The highest BCUT2D eigenvalue weighted by Gasteiger charge is 2.23. The number of hydrogen-bond acceptors (Lipinski definition) is 6. The Morgan fingerprint density at radius 2 is 1.74 bits per heavy atom. The average molecular weight is 487 g/mol. The van der Waals surface area contributed by atoms with Crippen LogP contribution in [0, 0.1) is 12.7 Å². The minimum Gasteiger partial charge on any atom is -0.497 e. The van der Waals surface area contributed by atoms with Gasteiger partial charge in [-0.05, 0) is 42.3 Å². The fraction of sp³-hybridized carbons (Fsp3) is 0.174. The molecule has 0 spiro atoms. The second-order valence-corrected chi connectivity index (χ2v) is 7.86. The number of aryl methyl sites for hydroxylation is 2. The molecule has 8 nitrogen and oxygen atoms in total. The SMILES string of the molecule is COc1ccc(Cn2c(=O)c3c(OSF)cc(=O)n(C)c3n(-c3ccc(C)cc3F)c2=O)cc1. The summed E-state index contributed by atoms with van der Waals surface area (Å²) in [5.74, 6) is -0.531. The number of halogens is 2. The molecule has 0 unspecified atom stereocenters. The smallest absolute Gasteiger partial charge is 0.337 e. The normalized spacial score (nSPS) is 11.1. The van der Waals surface area contributed by atoms with Crippen molar-refractivity contribution < 1.29 is 17.2 Å². The van der Waals surface area contributed by atoms with Gasteiger partial charge in [0.2, 0.25) is 0 Å². The maximum Gasteiger partial charge on any atom is 0.337 e. The lowest BCUT2D eigenvalue weighted by atomic mass is 10.2. The van der Waals surface area contributed by atoms with Gasteiger partial charge in [0.15, 0.2) is 5.75 Å². The summed E-state index contributed by atoms with van der Waals surface area (Å²) in [6, 6.07) is 11.8. The van der Waals surface area contributed by atoms with Crippen LogP contribution in [-0.4, -0.2) is 20.8 Å². The maximum atomic E-state index is 15.0. The number of fused-ring (bicyclic) bond motifs is 1. The first-order valence-electron chi connectivity index (χ1n) is 10.0. The molecule has 0 atom stereocenters. The summed E-state index contributed by atoms with van der Waals surface area (Å²) < 4.78 is 40.9. The maximum absolute atomic E-state index is 15.0. The average Bonchev–Trinajstić information content (AvgIpc) is 2.81. The topological polar surface area (TPSA) is 84.5 Å². The molecule has 0 radical (unpaired) electrons. The number of benzene rings is 2. The lowest BCUT2D eigenvalue weighted by Gasteiger charge is -2.18. The van der Waals surface area contributed by atoms with Gasteiger partial charge in [-0.3, -0.25) is 18.7 Å². The van der Waals surface area contributed by atoms with Crippen LogP contribution in [0.1, 0.15) is 11.1 Å². The molecule has 0 amide bonds. The lowest BCUT2D eigenvalue weighted by Crippen LogP contribution is -2.42. The van der Waals surface area contributed by atoms with E-state index in [2.05, 4.69) is 0 Å². The van der Waals surface area contributed by atoms with Crippen LogP contribution >= 0.6 is 12.4 Å². The van der Waals surface area contributed by atoms with E-state index < -0.39 is 35.1 Å². The molecule has 4 aromatic rings. The molecule has 34 heavy (non-hydrogen) atoms. The number of nitrogens with zero attached hydrogens (tertiary/aromatic N) is 3. The van der Waals surface area contributed by atoms with Crippen molar-refractivity contribution in [2.45, 2.75) is 13.5 Å². The first-order valence-corrected chi connectivity index (χ1v) is 10.6. The Bertz CT molecular complexity index is 1580. The van der Waals surface area contributed by atoms with E-state index in [0.29, 0.717) is 16.9 Å². The summed E-state index contributed by atoms with van der Waals surface area (Å²) in [7, 11) is 2.83. The number of rotatable bonds is 6. The Morgan fingerprint density at radius 1 is 1.03 bits per heavy atom. The van der Waals surface area contributed by atoms with E-state index in [9.17, 15) is 18.3 Å². The molecular weight excluding hydrogens is 468 g/mol. The van der Waals surface area contributed by atoms with Gasteiger partial charge < -0.3 is 8.92 Å². The summed E-state index contributed by atoms with van der Waals surface area (Å²) in [6.45, 7) is 1.51. The quantitative estimate of drug-likeness (QED) is 0.388. The molecule has 0 aliphatic carbocycles. The van der Waals surface area contributed by atoms with Crippen LogP contribution in [-0.2, 0) is 13.6 Å². The van der Waals surface area contributed by atoms with Crippen molar-refractivity contribution in [3.05, 3.63) is 96.7 Å².